The molecule has 1 N–H and O–H groups in total. The van der Waals surface area contributed by atoms with Crippen LogP contribution in [0.2, 0.25) is 10.0 Å². The third kappa shape index (κ3) is 4.98. The van der Waals surface area contributed by atoms with Crippen molar-refractivity contribution in [3.63, 3.8) is 0 Å². The van der Waals surface area contributed by atoms with Gasteiger partial charge in [-0.25, -0.2) is 0 Å². The fourth-order valence-electron chi connectivity index (χ4n) is 3.01. The fraction of sp³-hybridized carbons (Fsp3) is 0.211. The van der Waals surface area contributed by atoms with E-state index >= 15 is 0 Å². The van der Waals surface area contributed by atoms with Gasteiger partial charge in [-0.3, -0.25) is 0 Å². The molecule has 0 bridgehead atoms. The standard InChI is InChI=1S/C19H13Cl2F3N3O3.Tl/c1-29-26-10-25-17(28)12-4-2-11(3-5-12)16-9-18(30-27-16,19(22,23)24)13-6-14(20)8-15(21)7-13;/h2-4,6-8,10H,9H2,1H3,(H,25,26,28);. The van der Waals surface area contributed by atoms with Crippen molar-refractivity contribution in [1.82, 2.24) is 5.32 Å². The van der Waals surface area contributed by atoms with Gasteiger partial charge in [-0.2, -0.15) is 0 Å². The summed E-state index contributed by atoms with van der Waals surface area (Å²) in [7, 11) is 1.33. The Bertz CT molecular complexity index is 1060. The summed E-state index contributed by atoms with van der Waals surface area (Å²) in [6.07, 6.45) is -4.25. The number of rotatable bonds is 5. The van der Waals surface area contributed by atoms with Crippen LogP contribution in [0.3, 0.4) is 0 Å². The van der Waals surface area contributed by atoms with Gasteiger partial charge in [-0.05, 0) is 0 Å². The molecular formula is C19H13Cl2F3N3O3Tl. The van der Waals surface area contributed by atoms with Crippen molar-refractivity contribution in [2.24, 2.45) is 10.3 Å². The molecule has 0 aromatic heterocycles. The van der Waals surface area contributed by atoms with Crippen LogP contribution < -0.4 is 8.44 Å². The van der Waals surface area contributed by atoms with Crippen molar-refractivity contribution < 1.29 is 27.6 Å². The third-order valence-electron chi connectivity index (χ3n) is 4.50. The van der Waals surface area contributed by atoms with E-state index in [0.717, 1.165) is 18.5 Å². The number of halogens is 5. The first-order valence-electron chi connectivity index (χ1n) is 8.61. The van der Waals surface area contributed by atoms with Gasteiger partial charge in [-0.15, -0.1) is 0 Å². The monoisotopic (exact) mass is 663 g/mol. The number of oxime groups is 2. The minimum atomic E-state index is -4.78. The predicted octanol–water partition coefficient (Wildman–Crippen LogP) is 3.69. The van der Waals surface area contributed by atoms with E-state index < -0.39 is 24.1 Å². The summed E-state index contributed by atoms with van der Waals surface area (Å²) in [6.45, 7) is 0. The van der Waals surface area contributed by atoms with Crippen molar-refractivity contribution in [1.29, 1.82) is 0 Å². The van der Waals surface area contributed by atoms with Crippen LogP contribution in [0.4, 0.5) is 13.2 Å². The van der Waals surface area contributed by atoms with Crippen LogP contribution in [0.5, 0.6) is 0 Å². The van der Waals surface area contributed by atoms with Crippen LogP contribution in [-0.2, 0) is 15.3 Å². The van der Waals surface area contributed by atoms with E-state index in [1.54, 1.807) is 6.07 Å². The quantitative estimate of drug-likeness (QED) is 0.230. The van der Waals surface area contributed by atoms with E-state index in [9.17, 15) is 18.0 Å². The molecule has 1 heterocycles. The van der Waals surface area contributed by atoms with E-state index in [1.165, 1.54) is 25.3 Å². The van der Waals surface area contributed by atoms with Gasteiger partial charge in [0.2, 0.25) is 0 Å². The summed E-state index contributed by atoms with van der Waals surface area (Å²) in [5.74, 6) is -0.410. The molecule has 6 nitrogen and oxygen atoms in total. The van der Waals surface area contributed by atoms with E-state index in [-0.39, 0.29) is 47.1 Å². The van der Waals surface area contributed by atoms with Gasteiger partial charge < -0.3 is 0 Å². The summed E-state index contributed by atoms with van der Waals surface area (Å²) in [5.41, 5.74) is -2.03. The van der Waals surface area contributed by atoms with E-state index in [1.807, 2.05) is 0 Å². The molecule has 31 heavy (non-hydrogen) atoms. The molecule has 2 aromatic carbocycles. The molecule has 0 spiro atoms. The number of nitrogens with one attached hydrogen (secondary N) is 1. The summed E-state index contributed by atoms with van der Waals surface area (Å²) < 4.78 is 43.0. The Labute approximate surface area is 201 Å². The zero-order valence-corrected chi connectivity index (χ0v) is 21.8. The van der Waals surface area contributed by atoms with E-state index in [4.69, 9.17) is 28.0 Å². The average Bonchev–Trinajstić information content (AvgIpc) is 3.14. The van der Waals surface area contributed by atoms with Crippen LogP contribution >= 0.6 is 23.2 Å². The summed E-state index contributed by atoms with van der Waals surface area (Å²) >= 11 is 12.1. The summed E-state index contributed by atoms with van der Waals surface area (Å²) in [6, 6.07) is 8.33. The van der Waals surface area contributed by atoms with Crippen molar-refractivity contribution in [3.05, 3.63) is 63.1 Å². The molecule has 12 heteroatoms. The van der Waals surface area contributed by atoms with Gasteiger partial charge in [0, 0.05) is 0 Å². The molecular weight excluding hydrogens is 651 g/mol. The Kier molecular flexibility index (Phi) is 7.16. The van der Waals surface area contributed by atoms with Crippen molar-refractivity contribution in [3.8, 4) is 0 Å². The molecule has 0 radical (unpaired) electrons. The molecule has 1 aliphatic heterocycles. The van der Waals surface area contributed by atoms with Crippen LogP contribution in [-0.4, -0.2) is 57.0 Å². The number of amides is 1. The number of carbonyl (C=O) groups is 1. The number of carbonyl (C=O) groups excluding carboxylic acids is 1. The van der Waals surface area contributed by atoms with Crippen molar-refractivity contribution >= 4 is 70.0 Å². The summed E-state index contributed by atoms with van der Waals surface area (Å²) in [5, 5.41) is 9.70. The van der Waals surface area contributed by atoms with Gasteiger partial charge in [0.1, 0.15) is 0 Å². The first-order chi connectivity index (χ1) is 14.6. The number of hydrogen-bond donors (Lipinski definition) is 1. The Balaban J connectivity index is 1.91. The van der Waals surface area contributed by atoms with Gasteiger partial charge in [-0.1, -0.05) is 0 Å². The molecule has 0 saturated carbocycles. The molecule has 160 valence electrons. The van der Waals surface area contributed by atoms with Gasteiger partial charge >= 0.3 is 202 Å². The molecule has 0 aliphatic carbocycles. The molecule has 0 saturated heterocycles. The Morgan fingerprint density at radius 1 is 1.29 bits per heavy atom. The van der Waals surface area contributed by atoms with Crippen molar-refractivity contribution in [2.75, 3.05) is 7.11 Å². The minimum absolute atomic E-state index is 0.0543. The van der Waals surface area contributed by atoms with Crippen LogP contribution in [0.25, 0.3) is 0 Å². The zero-order valence-electron chi connectivity index (χ0n) is 15.8. The molecule has 1 unspecified atom stereocenters. The van der Waals surface area contributed by atoms with Crippen LogP contribution in [0, 0.1) is 0 Å². The molecule has 1 amide bonds. The van der Waals surface area contributed by atoms with Gasteiger partial charge in [0.15, 0.2) is 0 Å². The maximum atomic E-state index is 14.1. The Morgan fingerprint density at radius 3 is 2.55 bits per heavy atom. The van der Waals surface area contributed by atoms with E-state index in [0.29, 0.717) is 14.2 Å². The molecule has 2 aromatic rings. The number of nitrogens with zero attached hydrogens (tertiary/aromatic N) is 2. The Morgan fingerprint density at radius 2 is 1.97 bits per heavy atom. The number of benzene rings is 2. The summed E-state index contributed by atoms with van der Waals surface area (Å²) in [4.78, 5) is 21.7. The van der Waals surface area contributed by atoms with Gasteiger partial charge in [0.25, 0.3) is 0 Å². The molecule has 1 atom stereocenters. The average molecular weight is 664 g/mol. The fourth-order valence-corrected chi connectivity index (χ4v) is 5.12. The normalized spacial score (nSPS) is 18.5. The van der Waals surface area contributed by atoms with Gasteiger partial charge in [0.05, 0.1) is 0 Å². The molecule has 0 fully saturated rings. The maximum absolute atomic E-state index is 14.1. The zero-order chi connectivity index (χ0) is 22.8. The third-order valence-corrected chi connectivity index (χ3v) is 6.79. The van der Waals surface area contributed by atoms with Crippen LogP contribution in [0.1, 0.15) is 27.9 Å². The second-order valence-corrected chi connectivity index (χ2v) is 9.77. The molecule has 1 aliphatic rings. The van der Waals surface area contributed by atoms with Crippen LogP contribution in [0.15, 0.2) is 46.7 Å². The topological polar surface area (TPSA) is 72.3 Å². The van der Waals surface area contributed by atoms with Crippen molar-refractivity contribution in [2.45, 2.75) is 18.2 Å². The number of alkyl halides is 3. The SMILES string of the molecule is CO/N=C/NC(=O)c1ccc(C2=NOC(c3cc(Cl)cc(Cl)c3)(C(F)(F)F)C2)c[c]1[Tl]. The second kappa shape index (κ2) is 9.33. The molecule has 3 rings (SSSR count). The number of hydrogen-bond acceptors (Lipinski definition) is 5. The predicted molar refractivity (Wildman–Crippen MR) is 111 cm³/mol. The first-order valence-corrected chi connectivity index (χ1v) is 11.6. The second-order valence-electron chi connectivity index (χ2n) is 6.48. The van der Waals surface area contributed by atoms with E-state index in [2.05, 4.69) is 20.5 Å². The Hall–Kier alpha value is -1.86. The first kappa shape index (κ1) is 23.8.